The summed E-state index contributed by atoms with van der Waals surface area (Å²) >= 11 is 8.47. The number of aryl methyl sites for hydroxylation is 1. The second-order valence-corrected chi connectivity index (χ2v) is 13.3. The van der Waals surface area contributed by atoms with Crippen LogP contribution >= 0.6 is 34.3 Å². The lowest BCUT2D eigenvalue weighted by Crippen LogP contribution is -2.46. The van der Waals surface area contributed by atoms with Crippen LogP contribution in [0, 0.1) is 5.92 Å². The topological polar surface area (TPSA) is 83.7 Å². The van der Waals surface area contributed by atoms with E-state index >= 15 is 0 Å². The molecule has 1 aromatic carbocycles. The Morgan fingerprint density at radius 2 is 2.11 bits per heavy atom. The van der Waals surface area contributed by atoms with Crippen LogP contribution in [-0.4, -0.2) is 36.7 Å². The summed E-state index contributed by atoms with van der Waals surface area (Å²) in [5.74, 6) is 0.00258. The molecule has 5 rings (SSSR count). The number of hydrogen-bond donors (Lipinski definition) is 0. The minimum absolute atomic E-state index is 0.121. The number of furan rings is 1. The van der Waals surface area contributed by atoms with Crippen LogP contribution in [-0.2, 0) is 27.8 Å². The van der Waals surface area contributed by atoms with Gasteiger partial charge in [-0.1, -0.05) is 35.9 Å². The van der Waals surface area contributed by atoms with E-state index in [1.807, 2.05) is 18.2 Å². The summed E-state index contributed by atoms with van der Waals surface area (Å²) in [5, 5.41) is 0.583. The number of rotatable bonds is 7. The molecule has 1 fully saturated rings. The number of carbonyl (C=O) groups is 1. The smallest absolute Gasteiger partial charge is 0.252 e. The van der Waals surface area contributed by atoms with Gasteiger partial charge in [-0.25, -0.2) is 13.4 Å². The SMILES string of the molecule is CCc1ccc2nc(N(Cc3ccco3)C(=O)C3CCCN(S(=O)(=O)c4ccc(Cl)s4)C3)sc2c1. The van der Waals surface area contributed by atoms with Gasteiger partial charge in [0, 0.05) is 13.1 Å². The van der Waals surface area contributed by atoms with Crippen molar-refractivity contribution in [1.82, 2.24) is 9.29 Å². The van der Waals surface area contributed by atoms with E-state index in [9.17, 15) is 13.2 Å². The largest absolute Gasteiger partial charge is 0.467 e. The highest BCUT2D eigenvalue weighted by molar-refractivity contribution is 7.91. The van der Waals surface area contributed by atoms with Crippen molar-refractivity contribution in [2.45, 2.75) is 36.9 Å². The first-order valence-corrected chi connectivity index (χ1v) is 14.8. The van der Waals surface area contributed by atoms with Gasteiger partial charge in [0.1, 0.15) is 9.97 Å². The Morgan fingerprint density at radius 1 is 1.26 bits per heavy atom. The molecule has 7 nitrogen and oxygen atoms in total. The average Bonchev–Trinajstić information content (AvgIpc) is 3.62. The van der Waals surface area contributed by atoms with Gasteiger partial charge in [0.15, 0.2) is 5.13 Å². The van der Waals surface area contributed by atoms with Crippen molar-refractivity contribution < 1.29 is 17.6 Å². The normalized spacial score (nSPS) is 17.1. The number of nitrogens with zero attached hydrogens (tertiary/aromatic N) is 3. The Hall–Kier alpha value is -2.24. The molecule has 1 saturated heterocycles. The lowest BCUT2D eigenvalue weighted by atomic mass is 9.98. The second-order valence-electron chi connectivity index (χ2n) is 8.42. The quantitative estimate of drug-likeness (QED) is 0.291. The van der Waals surface area contributed by atoms with Crippen LogP contribution in [0.15, 0.2) is 57.4 Å². The number of halogens is 1. The number of aromatic nitrogens is 1. The molecular weight excluding hydrogens is 526 g/mol. The van der Waals surface area contributed by atoms with E-state index in [1.165, 1.54) is 27.3 Å². The molecule has 1 aliphatic rings. The highest BCUT2D eigenvalue weighted by Crippen LogP contribution is 2.34. The molecule has 0 N–H and O–H groups in total. The Morgan fingerprint density at radius 3 is 2.83 bits per heavy atom. The number of anilines is 1. The number of fused-ring (bicyclic) bond motifs is 1. The van der Waals surface area contributed by atoms with Gasteiger partial charge in [-0.2, -0.15) is 4.31 Å². The highest BCUT2D eigenvalue weighted by atomic mass is 35.5. The lowest BCUT2D eigenvalue weighted by Gasteiger charge is -2.33. The first-order valence-electron chi connectivity index (χ1n) is 11.3. The minimum atomic E-state index is -3.71. The van der Waals surface area contributed by atoms with Gasteiger partial charge >= 0.3 is 0 Å². The number of sulfonamides is 1. The molecule has 1 atom stereocenters. The number of benzene rings is 1. The molecule has 0 bridgehead atoms. The predicted molar refractivity (Wildman–Crippen MR) is 140 cm³/mol. The zero-order valence-corrected chi connectivity index (χ0v) is 22.2. The summed E-state index contributed by atoms with van der Waals surface area (Å²) in [6.45, 7) is 2.83. The van der Waals surface area contributed by atoms with Crippen molar-refractivity contribution in [3.63, 3.8) is 0 Å². The van der Waals surface area contributed by atoms with E-state index in [0.29, 0.717) is 34.6 Å². The van der Waals surface area contributed by atoms with Crippen molar-refractivity contribution in [2.24, 2.45) is 5.92 Å². The fourth-order valence-corrected chi connectivity index (χ4v) is 8.43. The van der Waals surface area contributed by atoms with Gasteiger partial charge in [0.05, 0.1) is 33.3 Å². The Labute approximate surface area is 217 Å². The summed E-state index contributed by atoms with van der Waals surface area (Å²) in [7, 11) is -3.71. The first kappa shape index (κ1) is 24.5. The first-order chi connectivity index (χ1) is 16.8. The molecule has 0 aliphatic carbocycles. The monoisotopic (exact) mass is 549 g/mol. The van der Waals surface area contributed by atoms with Crippen LogP contribution < -0.4 is 4.90 Å². The van der Waals surface area contributed by atoms with E-state index < -0.39 is 15.9 Å². The molecular formula is C24H24ClN3O4S3. The van der Waals surface area contributed by atoms with E-state index in [0.717, 1.165) is 28.0 Å². The maximum absolute atomic E-state index is 13.8. The number of hydrogen-bond acceptors (Lipinski definition) is 7. The summed E-state index contributed by atoms with van der Waals surface area (Å²) in [6, 6.07) is 12.8. The van der Waals surface area contributed by atoms with Gasteiger partial charge in [-0.3, -0.25) is 9.69 Å². The molecule has 35 heavy (non-hydrogen) atoms. The fourth-order valence-electron chi connectivity index (χ4n) is 4.24. The van der Waals surface area contributed by atoms with Gasteiger partial charge < -0.3 is 4.42 Å². The predicted octanol–water partition coefficient (Wildman–Crippen LogP) is 5.80. The van der Waals surface area contributed by atoms with Crippen molar-refractivity contribution in [1.29, 1.82) is 0 Å². The van der Waals surface area contributed by atoms with Crippen LogP contribution in [0.2, 0.25) is 4.34 Å². The van der Waals surface area contributed by atoms with Gasteiger partial charge in [-0.05, 0) is 61.2 Å². The van der Waals surface area contributed by atoms with Crippen molar-refractivity contribution >= 4 is 65.6 Å². The van der Waals surface area contributed by atoms with Crippen molar-refractivity contribution in [2.75, 3.05) is 18.0 Å². The highest BCUT2D eigenvalue weighted by Gasteiger charge is 2.37. The maximum Gasteiger partial charge on any atom is 0.252 e. The summed E-state index contributed by atoms with van der Waals surface area (Å²) in [6.07, 6.45) is 3.70. The Kier molecular flexibility index (Phi) is 7.00. The standard InChI is InChI=1S/C24H24ClN3O4S3/c1-2-16-7-8-19-20(13-16)33-24(26-19)28(15-18-6-4-12-32-18)23(29)17-5-3-11-27(14-17)35(30,31)22-10-9-21(25)34-22/h4,6-10,12-13,17H,2-3,5,11,14-15H2,1H3. The van der Waals surface area contributed by atoms with Crippen LogP contribution in [0.5, 0.6) is 0 Å². The molecule has 11 heteroatoms. The van der Waals surface area contributed by atoms with Gasteiger partial charge in [-0.15, -0.1) is 11.3 Å². The zero-order chi connectivity index (χ0) is 24.6. The summed E-state index contributed by atoms with van der Waals surface area (Å²) in [5.41, 5.74) is 2.04. The molecule has 1 unspecified atom stereocenters. The summed E-state index contributed by atoms with van der Waals surface area (Å²) < 4.78 is 34.9. The molecule has 0 radical (unpaired) electrons. The van der Waals surface area contributed by atoms with E-state index in [2.05, 4.69) is 13.0 Å². The number of carbonyl (C=O) groups excluding carboxylic acids is 1. The number of amides is 1. The van der Waals surface area contributed by atoms with Gasteiger partial charge in [0.2, 0.25) is 5.91 Å². The lowest BCUT2D eigenvalue weighted by molar-refractivity contribution is -0.123. The maximum atomic E-state index is 13.8. The van der Waals surface area contributed by atoms with Crippen LogP contribution in [0.25, 0.3) is 10.2 Å². The Balaban J connectivity index is 1.44. The number of thiazole rings is 1. The third-order valence-electron chi connectivity index (χ3n) is 6.12. The van der Waals surface area contributed by atoms with Crippen molar-refractivity contribution in [3.05, 3.63) is 64.4 Å². The molecule has 1 aliphatic heterocycles. The van der Waals surface area contributed by atoms with E-state index in [-0.39, 0.29) is 23.2 Å². The van der Waals surface area contributed by atoms with Crippen LogP contribution in [0.3, 0.4) is 0 Å². The zero-order valence-electron chi connectivity index (χ0n) is 19.0. The number of piperidine rings is 1. The summed E-state index contributed by atoms with van der Waals surface area (Å²) in [4.78, 5) is 20.2. The average molecular weight is 550 g/mol. The Bertz CT molecular complexity index is 1450. The molecule has 3 aromatic heterocycles. The van der Waals surface area contributed by atoms with Gasteiger partial charge in [0.25, 0.3) is 10.0 Å². The minimum Gasteiger partial charge on any atom is -0.467 e. The number of thiophene rings is 1. The second kappa shape index (κ2) is 10.0. The van der Waals surface area contributed by atoms with Crippen LogP contribution in [0.1, 0.15) is 31.1 Å². The van der Waals surface area contributed by atoms with E-state index in [4.69, 9.17) is 21.0 Å². The molecule has 4 heterocycles. The van der Waals surface area contributed by atoms with Crippen molar-refractivity contribution in [3.8, 4) is 0 Å². The fraction of sp³-hybridized carbons (Fsp3) is 0.333. The van der Waals surface area contributed by atoms with Crippen LogP contribution in [0.4, 0.5) is 5.13 Å². The third kappa shape index (κ3) is 5.03. The molecule has 1 amide bonds. The molecule has 4 aromatic rings. The molecule has 184 valence electrons. The molecule has 0 spiro atoms. The van der Waals surface area contributed by atoms with E-state index in [1.54, 1.807) is 23.3 Å². The molecule has 0 saturated carbocycles. The third-order valence-corrected chi connectivity index (χ3v) is 10.7.